The van der Waals surface area contributed by atoms with E-state index in [1.54, 1.807) is 28.8 Å². The fourth-order valence-electron chi connectivity index (χ4n) is 2.59. The highest BCUT2D eigenvalue weighted by Gasteiger charge is 2.17. The van der Waals surface area contributed by atoms with Gasteiger partial charge in [-0.3, -0.25) is 14.2 Å². The predicted molar refractivity (Wildman–Crippen MR) is 115 cm³/mol. The van der Waals surface area contributed by atoms with Crippen molar-refractivity contribution >= 4 is 62.3 Å². The van der Waals surface area contributed by atoms with Gasteiger partial charge in [-0.05, 0) is 37.6 Å². The van der Waals surface area contributed by atoms with Crippen LogP contribution in [0, 0.1) is 13.8 Å². The lowest BCUT2D eigenvalue weighted by molar-refractivity contribution is 0.102. The number of aryl methyl sites for hydroxylation is 2. The van der Waals surface area contributed by atoms with Gasteiger partial charge in [0.15, 0.2) is 10.9 Å². The van der Waals surface area contributed by atoms with Crippen molar-refractivity contribution in [3.63, 3.8) is 0 Å². The number of hydrogen-bond donors (Lipinski definition) is 0. The third-order valence-corrected chi connectivity index (χ3v) is 6.96. The number of rotatable bonds is 6. The highest BCUT2D eigenvalue weighted by molar-refractivity contribution is 7.99. The number of benzene rings is 1. The molecule has 1 aromatic carbocycles. The lowest BCUT2D eigenvalue weighted by Gasteiger charge is -2.10. The Labute approximate surface area is 174 Å². The number of halogens is 2. The van der Waals surface area contributed by atoms with Gasteiger partial charge in [0, 0.05) is 17.0 Å². The molecule has 0 N–H and O–H groups in total. The maximum absolute atomic E-state index is 12.9. The van der Waals surface area contributed by atoms with Crippen LogP contribution in [-0.2, 0) is 6.54 Å². The first-order chi connectivity index (χ1) is 12.8. The summed E-state index contributed by atoms with van der Waals surface area (Å²) in [6, 6.07) is 4.78. The fourth-order valence-corrected chi connectivity index (χ4v) is 4.86. The van der Waals surface area contributed by atoms with Gasteiger partial charge < -0.3 is 0 Å². The Kier molecular flexibility index (Phi) is 6.11. The standard InChI is InChI=1S/C19H16Cl2N2O2S2/c1-4-7-23-18(25)16-10(2)11(3)27-17(16)22-19(23)26-9-15(24)12-5-6-13(20)14(21)8-12/h4-6,8H,1,7,9H2,2-3H3. The van der Waals surface area contributed by atoms with E-state index in [1.165, 1.54) is 23.1 Å². The summed E-state index contributed by atoms with van der Waals surface area (Å²) in [5.41, 5.74) is 1.32. The van der Waals surface area contributed by atoms with E-state index in [4.69, 9.17) is 23.2 Å². The second kappa shape index (κ2) is 8.19. The number of thioether (sulfide) groups is 1. The minimum absolute atomic E-state index is 0.105. The Morgan fingerprint density at radius 1 is 1.33 bits per heavy atom. The highest BCUT2D eigenvalue weighted by atomic mass is 35.5. The molecule has 0 bridgehead atoms. The fraction of sp³-hybridized carbons (Fsp3) is 0.211. The van der Waals surface area contributed by atoms with Crippen molar-refractivity contribution < 1.29 is 4.79 Å². The minimum Gasteiger partial charge on any atom is -0.293 e. The molecule has 2 heterocycles. The molecule has 0 atom stereocenters. The van der Waals surface area contributed by atoms with Gasteiger partial charge in [-0.25, -0.2) is 4.98 Å². The molecule has 0 unspecified atom stereocenters. The van der Waals surface area contributed by atoms with Gasteiger partial charge in [-0.2, -0.15) is 0 Å². The Morgan fingerprint density at radius 2 is 2.07 bits per heavy atom. The SMILES string of the molecule is C=CCn1c(SCC(=O)c2ccc(Cl)c(Cl)c2)nc2sc(C)c(C)c2c1=O. The first kappa shape index (κ1) is 20.1. The predicted octanol–water partition coefficient (Wildman–Crippen LogP) is 5.54. The van der Waals surface area contributed by atoms with Crippen LogP contribution in [0.25, 0.3) is 10.2 Å². The van der Waals surface area contributed by atoms with Crippen molar-refractivity contribution in [2.45, 2.75) is 25.5 Å². The average molecular weight is 439 g/mol. The Hall–Kier alpha value is -1.60. The third kappa shape index (κ3) is 3.99. The van der Waals surface area contributed by atoms with E-state index in [9.17, 15) is 9.59 Å². The maximum atomic E-state index is 12.9. The molecule has 4 nitrogen and oxygen atoms in total. The molecule has 2 aromatic heterocycles. The number of carbonyl (C=O) groups excluding carboxylic acids is 1. The van der Waals surface area contributed by atoms with E-state index in [-0.39, 0.29) is 17.1 Å². The second-order valence-corrected chi connectivity index (χ2v) is 8.86. The molecular formula is C19H16Cl2N2O2S2. The van der Waals surface area contributed by atoms with Crippen LogP contribution < -0.4 is 5.56 Å². The number of Topliss-reactive ketones (excluding diaryl/α,β-unsaturated/α-hetero) is 1. The van der Waals surface area contributed by atoms with Crippen LogP contribution in [0.1, 0.15) is 20.8 Å². The normalized spacial score (nSPS) is 11.1. The van der Waals surface area contributed by atoms with Gasteiger partial charge >= 0.3 is 0 Å². The first-order valence-electron chi connectivity index (χ1n) is 8.06. The number of allylic oxidation sites excluding steroid dienone is 1. The second-order valence-electron chi connectivity index (χ2n) is 5.90. The number of carbonyl (C=O) groups is 1. The minimum atomic E-state index is -0.114. The van der Waals surface area contributed by atoms with Crippen LogP contribution in [0.15, 0.2) is 40.8 Å². The molecular weight excluding hydrogens is 423 g/mol. The van der Waals surface area contributed by atoms with E-state index in [0.717, 1.165) is 10.4 Å². The highest BCUT2D eigenvalue weighted by Crippen LogP contribution is 2.29. The van der Waals surface area contributed by atoms with Gasteiger partial charge in [0.2, 0.25) is 0 Å². The summed E-state index contributed by atoms with van der Waals surface area (Å²) >= 11 is 14.6. The van der Waals surface area contributed by atoms with Crippen LogP contribution in [0.4, 0.5) is 0 Å². The summed E-state index contributed by atoms with van der Waals surface area (Å²) in [4.78, 5) is 31.8. The Balaban J connectivity index is 1.94. The number of hydrogen-bond acceptors (Lipinski definition) is 5. The van der Waals surface area contributed by atoms with Crippen molar-refractivity contribution in [1.29, 1.82) is 0 Å². The zero-order chi connectivity index (χ0) is 19.7. The summed E-state index contributed by atoms with van der Waals surface area (Å²) < 4.78 is 1.56. The molecule has 0 radical (unpaired) electrons. The maximum Gasteiger partial charge on any atom is 0.263 e. The molecule has 3 rings (SSSR count). The van der Waals surface area contributed by atoms with E-state index < -0.39 is 0 Å². The van der Waals surface area contributed by atoms with Crippen molar-refractivity contribution in [2.24, 2.45) is 0 Å². The molecule has 0 spiro atoms. The van der Waals surface area contributed by atoms with Crippen molar-refractivity contribution in [2.75, 3.05) is 5.75 Å². The van der Waals surface area contributed by atoms with Crippen LogP contribution in [-0.4, -0.2) is 21.1 Å². The summed E-state index contributed by atoms with van der Waals surface area (Å²) in [6.07, 6.45) is 1.65. The summed E-state index contributed by atoms with van der Waals surface area (Å²) in [5, 5.41) is 1.87. The quantitative estimate of drug-likeness (QED) is 0.219. The topological polar surface area (TPSA) is 52.0 Å². The number of nitrogens with zero attached hydrogens (tertiary/aromatic N) is 2. The molecule has 0 saturated heterocycles. The molecule has 3 aromatic rings. The summed E-state index contributed by atoms with van der Waals surface area (Å²) in [7, 11) is 0. The van der Waals surface area contributed by atoms with Crippen molar-refractivity contribution in [3.05, 3.63) is 67.3 Å². The molecule has 0 aliphatic carbocycles. The smallest absolute Gasteiger partial charge is 0.263 e. The molecule has 0 amide bonds. The Morgan fingerprint density at radius 3 is 2.74 bits per heavy atom. The lowest BCUT2D eigenvalue weighted by Crippen LogP contribution is -2.23. The number of thiophene rings is 1. The van der Waals surface area contributed by atoms with Crippen LogP contribution in [0.5, 0.6) is 0 Å². The largest absolute Gasteiger partial charge is 0.293 e. The van der Waals surface area contributed by atoms with E-state index in [2.05, 4.69) is 11.6 Å². The molecule has 140 valence electrons. The van der Waals surface area contributed by atoms with Gasteiger partial charge in [-0.1, -0.05) is 41.0 Å². The van der Waals surface area contributed by atoms with Gasteiger partial charge in [0.25, 0.3) is 5.56 Å². The first-order valence-corrected chi connectivity index (χ1v) is 10.6. The molecule has 0 fully saturated rings. The van der Waals surface area contributed by atoms with E-state index in [0.29, 0.717) is 37.5 Å². The average Bonchev–Trinajstić information content (AvgIpc) is 2.92. The van der Waals surface area contributed by atoms with Crippen LogP contribution in [0.2, 0.25) is 10.0 Å². The summed E-state index contributed by atoms with van der Waals surface area (Å²) in [6.45, 7) is 7.95. The third-order valence-electron chi connectivity index (χ3n) is 4.14. The molecule has 27 heavy (non-hydrogen) atoms. The van der Waals surface area contributed by atoms with Gasteiger partial charge in [-0.15, -0.1) is 17.9 Å². The van der Waals surface area contributed by atoms with Gasteiger partial charge in [0.05, 0.1) is 21.2 Å². The zero-order valence-electron chi connectivity index (χ0n) is 14.7. The molecule has 8 heteroatoms. The van der Waals surface area contributed by atoms with E-state index >= 15 is 0 Å². The molecule has 0 aliphatic rings. The monoisotopic (exact) mass is 438 g/mol. The number of ketones is 1. The van der Waals surface area contributed by atoms with E-state index in [1.807, 2.05) is 13.8 Å². The summed E-state index contributed by atoms with van der Waals surface area (Å²) in [5.74, 6) is 0.0211. The molecule has 0 saturated carbocycles. The lowest BCUT2D eigenvalue weighted by atomic mass is 10.1. The number of fused-ring (bicyclic) bond motifs is 1. The van der Waals surface area contributed by atoms with Crippen LogP contribution in [0.3, 0.4) is 0 Å². The zero-order valence-corrected chi connectivity index (χ0v) is 17.9. The van der Waals surface area contributed by atoms with Gasteiger partial charge in [0.1, 0.15) is 4.83 Å². The van der Waals surface area contributed by atoms with Crippen LogP contribution >= 0.6 is 46.3 Å². The van der Waals surface area contributed by atoms with Crippen molar-refractivity contribution in [3.8, 4) is 0 Å². The molecule has 0 aliphatic heterocycles. The number of aromatic nitrogens is 2. The Bertz CT molecular complexity index is 1120. The van der Waals surface area contributed by atoms with Crippen molar-refractivity contribution in [1.82, 2.24) is 9.55 Å².